The summed E-state index contributed by atoms with van der Waals surface area (Å²) < 4.78 is 13.3. The van der Waals surface area contributed by atoms with Gasteiger partial charge in [-0.1, -0.05) is 28.1 Å². The van der Waals surface area contributed by atoms with Crippen LogP contribution >= 0.6 is 15.9 Å². The van der Waals surface area contributed by atoms with Crippen LogP contribution in [0.25, 0.3) is 0 Å². The number of hydrogen-bond acceptors (Lipinski definition) is 1. The summed E-state index contributed by atoms with van der Waals surface area (Å²) in [6.45, 7) is 0.976. The minimum atomic E-state index is -0.526. The summed E-state index contributed by atoms with van der Waals surface area (Å²) in [4.78, 5) is 10.9. The van der Waals surface area contributed by atoms with Gasteiger partial charge in [0.1, 0.15) is 12.5 Å². The van der Waals surface area contributed by atoms with Crippen LogP contribution in [0.2, 0.25) is 0 Å². The lowest BCUT2D eigenvalue weighted by Gasteiger charge is -2.06. The molecule has 0 aliphatic heterocycles. The van der Waals surface area contributed by atoms with Crippen LogP contribution in [-0.4, -0.2) is 5.78 Å². The van der Waals surface area contributed by atoms with E-state index in [0.717, 1.165) is 10.0 Å². The van der Waals surface area contributed by atoms with Gasteiger partial charge in [0.05, 0.1) is 0 Å². The number of alkyl halides is 1. The molecule has 1 rings (SSSR count). The molecule has 0 radical (unpaired) electrons. The topological polar surface area (TPSA) is 17.1 Å². The smallest absolute Gasteiger partial charge is 0.134 e. The van der Waals surface area contributed by atoms with Crippen molar-refractivity contribution in [3.8, 4) is 0 Å². The largest absolute Gasteiger partial charge is 0.300 e. The van der Waals surface area contributed by atoms with Gasteiger partial charge in [0, 0.05) is 10.9 Å². The van der Waals surface area contributed by atoms with Gasteiger partial charge in [-0.3, -0.25) is 4.79 Å². The molecule has 0 aliphatic carbocycles. The van der Waals surface area contributed by atoms with Gasteiger partial charge in [0.15, 0.2) is 0 Å². The van der Waals surface area contributed by atoms with Crippen LogP contribution in [0.3, 0.4) is 0 Å². The highest BCUT2D eigenvalue weighted by molar-refractivity contribution is 9.10. The zero-order valence-corrected chi connectivity index (χ0v) is 8.90. The number of carbonyl (C=O) groups is 1. The standard InChI is InChI=1S/C10H10BrFO/c1-7(13)5-9-8(6-12)3-2-4-10(9)11/h2-4H,5-6H2,1H3. The minimum absolute atomic E-state index is 0.0431. The van der Waals surface area contributed by atoms with E-state index in [2.05, 4.69) is 15.9 Å². The third-order valence-electron chi connectivity index (χ3n) is 1.79. The molecule has 0 saturated carbocycles. The van der Waals surface area contributed by atoms with Crippen LogP contribution < -0.4 is 0 Å². The van der Waals surface area contributed by atoms with Crippen molar-refractivity contribution in [1.29, 1.82) is 0 Å². The average molecular weight is 245 g/mol. The monoisotopic (exact) mass is 244 g/mol. The van der Waals surface area contributed by atoms with Gasteiger partial charge in [-0.2, -0.15) is 0 Å². The van der Waals surface area contributed by atoms with Crippen molar-refractivity contribution >= 4 is 21.7 Å². The summed E-state index contributed by atoms with van der Waals surface area (Å²) >= 11 is 3.30. The van der Waals surface area contributed by atoms with E-state index in [9.17, 15) is 9.18 Å². The van der Waals surface area contributed by atoms with Gasteiger partial charge in [0.25, 0.3) is 0 Å². The molecule has 1 nitrogen and oxygen atoms in total. The second-order valence-corrected chi connectivity index (χ2v) is 3.74. The van der Waals surface area contributed by atoms with Crippen LogP contribution in [0.15, 0.2) is 22.7 Å². The highest BCUT2D eigenvalue weighted by Crippen LogP contribution is 2.22. The molecule has 0 bridgehead atoms. The molecule has 0 aromatic heterocycles. The van der Waals surface area contributed by atoms with Crippen molar-refractivity contribution in [2.24, 2.45) is 0 Å². The van der Waals surface area contributed by atoms with Crippen molar-refractivity contribution in [3.63, 3.8) is 0 Å². The summed E-state index contributed by atoms with van der Waals surface area (Å²) in [5.41, 5.74) is 1.35. The van der Waals surface area contributed by atoms with E-state index in [1.165, 1.54) is 6.92 Å². The number of hydrogen-bond donors (Lipinski definition) is 0. The molecule has 0 aliphatic rings. The number of rotatable bonds is 3. The Balaban J connectivity index is 3.07. The highest BCUT2D eigenvalue weighted by atomic mass is 79.9. The van der Waals surface area contributed by atoms with Crippen molar-refractivity contribution < 1.29 is 9.18 Å². The van der Waals surface area contributed by atoms with E-state index in [-0.39, 0.29) is 5.78 Å². The summed E-state index contributed by atoms with van der Waals surface area (Å²) in [5.74, 6) is 0.0431. The van der Waals surface area contributed by atoms with E-state index in [1.54, 1.807) is 12.1 Å². The lowest BCUT2D eigenvalue weighted by atomic mass is 10.0. The first-order chi connectivity index (χ1) is 6.15. The predicted molar refractivity (Wildman–Crippen MR) is 53.3 cm³/mol. The Kier molecular flexibility index (Phi) is 3.60. The quantitative estimate of drug-likeness (QED) is 0.799. The summed E-state index contributed by atoms with van der Waals surface area (Å²) in [7, 11) is 0. The van der Waals surface area contributed by atoms with Gasteiger partial charge in [-0.05, 0) is 24.1 Å². The van der Waals surface area contributed by atoms with Crippen molar-refractivity contribution in [2.75, 3.05) is 0 Å². The lowest BCUT2D eigenvalue weighted by molar-refractivity contribution is -0.116. The average Bonchev–Trinajstić information content (AvgIpc) is 2.08. The Hall–Kier alpha value is -0.700. The third kappa shape index (κ3) is 2.62. The Labute approximate surface area is 85.1 Å². The Morgan fingerprint density at radius 2 is 2.23 bits per heavy atom. The number of halogens is 2. The van der Waals surface area contributed by atoms with Crippen LogP contribution in [0.4, 0.5) is 4.39 Å². The molecule has 3 heteroatoms. The van der Waals surface area contributed by atoms with Crippen molar-refractivity contribution in [3.05, 3.63) is 33.8 Å². The fourth-order valence-electron chi connectivity index (χ4n) is 1.18. The highest BCUT2D eigenvalue weighted by Gasteiger charge is 2.07. The first kappa shape index (κ1) is 10.4. The zero-order chi connectivity index (χ0) is 9.84. The second-order valence-electron chi connectivity index (χ2n) is 2.89. The van der Waals surface area contributed by atoms with Crippen molar-refractivity contribution in [2.45, 2.75) is 20.0 Å². The molecule has 0 unspecified atom stereocenters. The molecule has 1 aromatic rings. The Morgan fingerprint density at radius 1 is 1.54 bits per heavy atom. The van der Waals surface area contributed by atoms with Gasteiger partial charge in [-0.15, -0.1) is 0 Å². The van der Waals surface area contributed by atoms with Crippen molar-refractivity contribution in [1.82, 2.24) is 0 Å². The van der Waals surface area contributed by atoms with E-state index in [0.29, 0.717) is 12.0 Å². The zero-order valence-electron chi connectivity index (χ0n) is 7.31. The van der Waals surface area contributed by atoms with Gasteiger partial charge >= 0.3 is 0 Å². The molecule has 0 amide bonds. The van der Waals surface area contributed by atoms with E-state index in [1.807, 2.05) is 6.07 Å². The van der Waals surface area contributed by atoms with Crippen LogP contribution in [-0.2, 0) is 17.9 Å². The number of ketones is 1. The maximum absolute atomic E-state index is 12.5. The molecule has 13 heavy (non-hydrogen) atoms. The summed E-state index contributed by atoms with van der Waals surface area (Å²) in [6, 6.07) is 5.28. The van der Waals surface area contributed by atoms with Crippen LogP contribution in [0, 0.1) is 0 Å². The summed E-state index contributed by atoms with van der Waals surface area (Å²) in [6.07, 6.45) is 0.292. The molecule has 0 heterocycles. The normalized spacial score (nSPS) is 10.1. The number of Topliss-reactive ketones (excluding diaryl/α,β-unsaturated/α-hetero) is 1. The first-order valence-electron chi connectivity index (χ1n) is 3.97. The molecule has 1 aromatic carbocycles. The maximum atomic E-state index is 12.5. The Bertz CT molecular complexity index is 323. The number of carbonyl (C=O) groups excluding carboxylic acids is 1. The predicted octanol–water partition coefficient (Wildman–Crippen LogP) is 3.05. The molecular weight excluding hydrogens is 235 g/mol. The van der Waals surface area contributed by atoms with Crippen LogP contribution in [0.5, 0.6) is 0 Å². The maximum Gasteiger partial charge on any atom is 0.134 e. The van der Waals surface area contributed by atoms with Gasteiger partial charge < -0.3 is 0 Å². The first-order valence-corrected chi connectivity index (χ1v) is 4.76. The molecule has 0 atom stereocenters. The Morgan fingerprint density at radius 3 is 2.77 bits per heavy atom. The van der Waals surface area contributed by atoms with Gasteiger partial charge in [0.2, 0.25) is 0 Å². The fraction of sp³-hybridized carbons (Fsp3) is 0.300. The van der Waals surface area contributed by atoms with E-state index < -0.39 is 6.67 Å². The lowest BCUT2D eigenvalue weighted by Crippen LogP contribution is -2.01. The molecule has 0 saturated heterocycles. The van der Waals surface area contributed by atoms with Crippen LogP contribution in [0.1, 0.15) is 18.1 Å². The molecule has 0 fully saturated rings. The SMILES string of the molecule is CC(=O)Cc1c(Br)cccc1CF. The minimum Gasteiger partial charge on any atom is -0.300 e. The fourth-order valence-corrected chi connectivity index (χ4v) is 1.72. The summed E-state index contributed by atoms with van der Waals surface area (Å²) in [5, 5.41) is 0. The third-order valence-corrected chi connectivity index (χ3v) is 2.53. The molecule has 0 spiro atoms. The molecular formula is C10H10BrFO. The van der Waals surface area contributed by atoms with Gasteiger partial charge in [-0.25, -0.2) is 4.39 Å². The molecule has 70 valence electrons. The number of benzene rings is 1. The van der Waals surface area contributed by atoms with E-state index >= 15 is 0 Å². The molecule has 0 N–H and O–H groups in total. The van der Waals surface area contributed by atoms with E-state index in [4.69, 9.17) is 0 Å². The second kappa shape index (κ2) is 4.51.